The molecule has 0 aliphatic carbocycles. The Labute approximate surface area is 121 Å². The van der Waals surface area contributed by atoms with Gasteiger partial charge >= 0.3 is 6.18 Å². The number of hydrogen-bond acceptors (Lipinski definition) is 4. The van der Waals surface area contributed by atoms with Gasteiger partial charge in [0.1, 0.15) is 5.84 Å². The van der Waals surface area contributed by atoms with Crippen LogP contribution in [0.15, 0.2) is 29.2 Å². The average molecular weight is 323 g/mol. The van der Waals surface area contributed by atoms with Crippen molar-refractivity contribution in [2.24, 2.45) is 5.73 Å². The molecule has 0 radical (unpaired) electrons. The van der Waals surface area contributed by atoms with Crippen LogP contribution in [0, 0.1) is 5.41 Å². The average Bonchev–Trinajstić information content (AvgIpc) is 2.34. The monoisotopic (exact) mass is 323 g/mol. The lowest BCUT2D eigenvalue weighted by atomic mass is 10.2. The summed E-state index contributed by atoms with van der Waals surface area (Å²) in [5.74, 6) is -0.609. The van der Waals surface area contributed by atoms with Gasteiger partial charge in [-0.2, -0.15) is 13.2 Å². The molecule has 0 saturated heterocycles. The Hall–Kier alpha value is -1.61. The molecule has 0 bridgehead atoms. The summed E-state index contributed by atoms with van der Waals surface area (Å²) in [6.07, 6.45) is -4.36. The van der Waals surface area contributed by atoms with Crippen molar-refractivity contribution in [3.8, 4) is 0 Å². The first-order valence-electron chi connectivity index (χ1n) is 5.94. The second kappa shape index (κ2) is 6.44. The maximum atomic E-state index is 12.1. The van der Waals surface area contributed by atoms with Crippen LogP contribution in [0.25, 0.3) is 0 Å². The van der Waals surface area contributed by atoms with E-state index in [4.69, 9.17) is 11.1 Å². The number of nitrogens with two attached hydrogens (primary N) is 1. The van der Waals surface area contributed by atoms with Crippen LogP contribution in [0.4, 0.5) is 13.2 Å². The van der Waals surface area contributed by atoms with Crippen molar-refractivity contribution in [1.82, 2.24) is 4.90 Å². The summed E-state index contributed by atoms with van der Waals surface area (Å²) in [4.78, 5) is 0.898. The highest BCUT2D eigenvalue weighted by Gasteiger charge is 2.29. The minimum Gasteiger partial charge on any atom is -0.384 e. The molecule has 1 aromatic rings. The fourth-order valence-electron chi connectivity index (χ4n) is 1.62. The van der Waals surface area contributed by atoms with Gasteiger partial charge in [0.05, 0.1) is 17.2 Å². The number of nitrogens with zero attached hydrogens (tertiary/aromatic N) is 1. The molecule has 1 rings (SSSR count). The van der Waals surface area contributed by atoms with Gasteiger partial charge in [0, 0.05) is 12.1 Å². The molecule has 9 heteroatoms. The smallest absolute Gasteiger partial charge is 0.384 e. The summed E-state index contributed by atoms with van der Waals surface area (Å²) < 4.78 is 60.4. The van der Waals surface area contributed by atoms with Gasteiger partial charge < -0.3 is 5.73 Å². The van der Waals surface area contributed by atoms with Crippen molar-refractivity contribution in [1.29, 1.82) is 5.41 Å². The van der Waals surface area contributed by atoms with Crippen molar-refractivity contribution < 1.29 is 21.6 Å². The Bertz CT molecular complexity index is 597. The summed E-state index contributed by atoms with van der Waals surface area (Å²) in [7, 11) is -2.46. The van der Waals surface area contributed by atoms with Gasteiger partial charge in [-0.3, -0.25) is 10.3 Å². The third-order valence-corrected chi connectivity index (χ3v) is 4.43. The van der Waals surface area contributed by atoms with E-state index in [1.165, 1.54) is 31.3 Å². The van der Waals surface area contributed by atoms with Gasteiger partial charge in [-0.1, -0.05) is 12.1 Å². The molecule has 0 aliphatic heterocycles. The first-order valence-corrected chi connectivity index (χ1v) is 7.59. The lowest BCUT2D eigenvalue weighted by Gasteiger charge is -2.18. The molecule has 5 nitrogen and oxygen atoms in total. The van der Waals surface area contributed by atoms with E-state index < -0.39 is 28.3 Å². The zero-order chi connectivity index (χ0) is 16.3. The van der Waals surface area contributed by atoms with E-state index in [9.17, 15) is 21.6 Å². The van der Waals surface area contributed by atoms with E-state index in [-0.39, 0.29) is 17.3 Å². The van der Waals surface area contributed by atoms with E-state index in [0.717, 1.165) is 4.90 Å². The minimum atomic E-state index is -4.36. The first kappa shape index (κ1) is 17.4. The fraction of sp³-hybridized carbons (Fsp3) is 0.417. The van der Waals surface area contributed by atoms with Crippen LogP contribution in [0.2, 0.25) is 0 Å². The molecule has 0 heterocycles. The highest BCUT2D eigenvalue weighted by molar-refractivity contribution is 7.91. The predicted molar refractivity (Wildman–Crippen MR) is 73.1 cm³/mol. The van der Waals surface area contributed by atoms with Crippen molar-refractivity contribution in [2.45, 2.75) is 11.1 Å². The van der Waals surface area contributed by atoms with Gasteiger partial charge in [0.15, 0.2) is 9.84 Å². The van der Waals surface area contributed by atoms with Crippen LogP contribution < -0.4 is 5.73 Å². The van der Waals surface area contributed by atoms with Crippen LogP contribution in [0.3, 0.4) is 0 Å². The number of nitrogens with one attached hydrogen (secondary N) is 1. The lowest BCUT2D eigenvalue weighted by Crippen LogP contribution is -2.34. The highest BCUT2D eigenvalue weighted by Crippen LogP contribution is 2.16. The molecule has 0 saturated carbocycles. The molecule has 0 spiro atoms. The number of alkyl halides is 3. The van der Waals surface area contributed by atoms with Crippen LogP contribution in [-0.4, -0.2) is 51.2 Å². The molecule has 118 valence electrons. The van der Waals surface area contributed by atoms with E-state index in [0.29, 0.717) is 5.56 Å². The molecule has 21 heavy (non-hydrogen) atoms. The van der Waals surface area contributed by atoms with Crippen LogP contribution in [0.1, 0.15) is 5.56 Å². The van der Waals surface area contributed by atoms with Crippen LogP contribution in [0.5, 0.6) is 0 Å². The quantitative estimate of drug-likeness (QED) is 0.609. The van der Waals surface area contributed by atoms with Gasteiger partial charge in [-0.05, 0) is 19.2 Å². The van der Waals surface area contributed by atoms with E-state index >= 15 is 0 Å². The van der Waals surface area contributed by atoms with Crippen molar-refractivity contribution in [3.05, 3.63) is 29.8 Å². The summed E-state index contributed by atoms with van der Waals surface area (Å²) in [5, 5.41) is 7.20. The Balaban J connectivity index is 2.71. The Morgan fingerprint density at radius 2 is 1.81 bits per heavy atom. The number of sulfone groups is 1. The minimum absolute atomic E-state index is 0.00657. The topological polar surface area (TPSA) is 87.2 Å². The number of amidine groups is 1. The standard InChI is InChI=1S/C12H16F3N3O2S/c1-18(8-12(13,14)15)6-7-21(19,20)10-4-2-9(3-5-10)11(16)17/h2-5H,6-8H2,1H3,(H3,16,17). The van der Waals surface area contributed by atoms with Gasteiger partial charge in [-0.15, -0.1) is 0 Å². The normalized spacial score (nSPS) is 12.6. The first-order chi connectivity index (χ1) is 9.51. The number of benzene rings is 1. The molecule has 1 aromatic carbocycles. The second-order valence-electron chi connectivity index (χ2n) is 4.61. The highest BCUT2D eigenvalue weighted by atomic mass is 32.2. The third-order valence-electron chi connectivity index (χ3n) is 2.72. The van der Waals surface area contributed by atoms with Crippen molar-refractivity contribution in [2.75, 3.05) is 25.9 Å². The van der Waals surface area contributed by atoms with Crippen LogP contribution in [-0.2, 0) is 9.84 Å². The number of nitrogen functional groups attached to an aromatic ring is 1. The molecule has 0 atom stereocenters. The zero-order valence-electron chi connectivity index (χ0n) is 11.3. The number of halogens is 3. The molecule has 3 N–H and O–H groups in total. The fourth-order valence-corrected chi connectivity index (χ4v) is 2.96. The van der Waals surface area contributed by atoms with Crippen molar-refractivity contribution in [3.63, 3.8) is 0 Å². The Kier molecular flexibility index (Phi) is 5.35. The molecule has 0 fully saturated rings. The summed E-state index contributed by atoms with van der Waals surface area (Å²) in [6.45, 7) is -1.39. The summed E-state index contributed by atoms with van der Waals surface area (Å²) >= 11 is 0. The van der Waals surface area contributed by atoms with Crippen LogP contribution >= 0.6 is 0 Å². The van der Waals surface area contributed by atoms with E-state index in [1.807, 2.05) is 0 Å². The maximum Gasteiger partial charge on any atom is 0.401 e. The maximum absolute atomic E-state index is 12.1. The van der Waals surface area contributed by atoms with Gasteiger partial charge in [0.25, 0.3) is 0 Å². The second-order valence-corrected chi connectivity index (χ2v) is 6.72. The summed E-state index contributed by atoms with van der Waals surface area (Å²) in [6, 6.07) is 5.34. The SMILES string of the molecule is CN(CCS(=O)(=O)c1ccc(C(=N)N)cc1)CC(F)(F)F. The Morgan fingerprint density at radius 1 is 1.29 bits per heavy atom. The van der Waals surface area contributed by atoms with E-state index in [2.05, 4.69) is 0 Å². The summed E-state index contributed by atoms with van der Waals surface area (Å²) in [5.41, 5.74) is 5.63. The number of hydrogen-bond donors (Lipinski definition) is 2. The Morgan fingerprint density at radius 3 is 2.24 bits per heavy atom. The zero-order valence-corrected chi connectivity index (χ0v) is 12.1. The molecular weight excluding hydrogens is 307 g/mol. The molecule has 0 aliphatic rings. The lowest BCUT2D eigenvalue weighted by molar-refractivity contribution is -0.142. The van der Waals surface area contributed by atoms with Crippen molar-refractivity contribution >= 4 is 15.7 Å². The molecular formula is C12H16F3N3O2S. The molecule has 0 aromatic heterocycles. The molecule has 0 unspecified atom stereocenters. The van der Waals surface area contributed by atoms with Gasteiger partial charge in [-0.25, -0.2) is 8.42 Å². The van der Waals surface area contributed by atoms with E-state index in [1.54, 1.807) is 0 Å². The largest absolute Gasteiger partial charge is 0.401 e. The third kappa shape index (κ3) is 5.72. The van der Waals surface area contributed by atoms with Gasteiger partial charge in [0.2, 0.25) is 0 Å². The predicted octanol–water partition coefficient (Wildman–Crippen LogP) is 1.24. The molecule has 0 amide bonds. The number of rotatable bonds is 6.